The summed E-state index contributed by atoms with van der Waals surface area (Å²) >= 11 is 11.7. The number of aliphatic hydroxyl groups is 1. The van der Waals surface area contributed by atoms with Crippen LogP contribution in [0.3, 0.4) is 0 Å². The van der Waals surface area contributed by atoms with E-state index in [1.54, 1.807) is 6.92 Å². The van der Waals surface area contributed by atoms with Crippen LogP contribution in [0.15, 0.2) is 12.1 Å². The van der Waals surface area contributed by atoms with Gasteiger partial charge in [0.2, 0.25) is 0 Å². The Balaban J connectivity index is 2.87. The van der Waals surface area contributed by atoms with E-state index in [1.807, 2.05) is 0 Å². The molecule has 0 spiro atoms. The van der Waals surface area contributed by atoms with Crippen molar-refractivity contribution < 1.29 is 9.50 Å². The average molecular weight is 293 g/mol. The van der Waals surface area contributed by atoms with Gasteiger partial charge in [-0.25, -0.2) is 4.39 Å². The molecule has 0 saturated carbocycles. The third-order valence-electron chi connectivity index (χ3n) is 3.04. The molecule has 0 aliphatic rings. The van der Waals surface area contributed by atoms with Crippen molar-refractivity contribution in [2.75, 3.05) is 0 Å². The van der Waals surface area contributed by atoms with Crippen LogP contribution in [0.25, 0.3) is 0 Å². The molecule has 18 heavy (non-hydrogen) atoms. The first-order valence-electron chi connectivity index (χ1n) is 6.11. The van der Waals surface area contributed by atoms with E-state index in [2.05, 4.69) is 13.8 Å². The zero-order chi connectivity index (χ0) is 13.9. The first-order chi connectivity index (χ1) is 8.24. The Morgan fingerprint density at radius 1 is 1.28 bits per heavy atom. The summed E-state index contributed by atoms with van der Waals surface area (Å²) in [5, 5.41) is 10.7. The summed E-state index contributed by atoms with van der Waals surface area (Å²) < 4.78 is 13.4. The highest BCUT2D eigenvalue weighted by Crippen LogP contribution is 2.35. The van der Waals surface area contributed by atoms with Crippen molar-refractivity contribution in [3.8, 4) is 0 Å². The molecular weight excluding hydrogens is 274 g/mol. The topological polar surface area (TPSA) is 20.2 Å². The highest BCUT2D eigenvalue weighted by Gasteiger charge is 2.26. The first kappa shape index (κ1) is 15.7. The summed E-state index contributed by atoms with van der Waals surface area (Å²) in [6, 6.07) is 2.56. The van der Waals surface area contributed by atoms with Gasteiger partial charge in [-0.1, -0.05) is 43.5 Å². The molecule has 0 bridgehead atoms. The standard InChI is InChI=1S/C14H19Cl2FO/c1-9(2)5-4-6-14(3,18)10-7-13(17)12(16)8-11(10)15/h7-9,18H,4-6H2,1-3H3. The van der Waals surface area contributed by atoms with Crippen LogP contribution >= 0.6 is 23.2 Å². The minimum absolute atomic E-state index is 0.0262. The molecule has 1 N–H and O–H groups in total. The highest BCUT2D eigenvalue weighted by molar-refractivity contribution is 6.35. The summed E-state index contributed by atoms with van der Waals surface area (Å²) in [5.74, 6) is 0.0263. The van der Waals surface area contributed by atoms with Gasteiger partial charge in [0.25, 0.3) is 0 Å². The maximum Gasteiger partial charge on any atom is 0.142 e. The van der Waals surface area contributed by atoms with Gasteiger partial charge in [-0.05, 0) is 37.8 Å². The van der Waals surface area contributed by atoms with Gasteiger partial charge in [0.05, 0.1) is 10.6 Å². The van der Waals surface area contributed by atoms with Gasteiger partial charge in [0.15, 0.2) is 0 Å². The quantitative estimate of drug-likeness (QED) is 0.743. The van der Waals surface area contributed by atoms with Crippen LogP contribution in [0.4, 0.5) is 4.39 Å². The zero-order valence-electron chi connectivity index (χ0n) is 10.9. The number of benzene rings is 1. The van der Waals surface area contributed by atoms with E-state index in [0.29, 0.717) is 22.9 Å². The van der Waals surface area contributed by atoms with Crippen molar-refractivity contribution in [2.45, 2.75) is 45.6 Å². The molecular formula is C14H19Cl2FO. The Hall–Kier alpha value is -0.310. The number of hydrogen-bond donors (Lipinski definition) is 1. The number of rotatable bonds is 5. The zero-order valence-corrected chi connectivity index (χ0v) is 12.4. The predicted octanol–water partition coefficient (Wildman–Crippen LogP) is 5.17. The SMILES string of the molecule is CC(C)CCCC(C)(O)c1cc(F)c(Cl)cc1Cl. The van der Waals surface area contributed by atoms with Crippen molar-refractivity contribution in [3.63, 3.8) is 0 Å². The first-order valence-corrected chi connectivity index (χ1v) is 6.87. The molecule has 1 rings (SSSR count). The van der Waals surface area contributed by atoms with Crippen LogP contribution in [0.1, 0.15) is 45.6 Å². The van der Waals surface area contributed by atoms with Crippen molar-refractivity contribution in [3.05, 3.63) is 33.6 Å². The molecule has 0 heterocycles. The largest absolute Gasteiger partial charge is 0.385 e. The van der Waals surface area contributed by atoms with Crippen LogP contribution in [0, 0.1) is 11.7 Å². The van der Waals surface area contributed by atoms with E-state index in [0.717, 1.165) is 12.8 Å². The van der Waals surface area contributed by atoms with Gasteiger partial charge >= 0.3 is 0 Å². The Bertz CT molecular complexity index is 417. The van der Waals surface area contributed by atoms with Gasteiger partial charge in [0.1, 0.15) is 5.82 Å². The van der Waals surface area contributed by atoms with E-state index in [9.17, 15) is 9.50 Å². The van der Waals surface area contributed by atoms with E-state index in [-0.39, 0.29) is 5.02 Å². The van der Waals surface area contributed by atoms with Crippen LogP contribution < -0.4 is 0 Å². The molecule has 102 valence electrons. The van der Waals surface area contributed by atoms with E-state index in [1.165, 1.54) is 12.1 Å². The number of hydrogen-bond acceptors (Lipinski definition) is 1. The molecule has 0 fully saturated rings. The van der Waals surface area contributed by atoms with Gasteiger partial charge < -0.3 is 5.11 Å². The average Bonchev–Trinajstić information content (AvgIpc) is 2.22. The number of halogens is 3. The minimum Gasteiger partial charge on any atom is -0.385 e. The van der Waals surface area contributed by atoms with Crippen molar-refractivity contribution >= 4 is 23.2 Å². The van der Waals surface area contributed by atoms with Crippen LogP contribution in [-0.2, 0) is 5.60 Å². The van der Waals surface area contributed by atoms with E-state index in [4.69, 9.17) is 23.2 Å². The Morgan fingerprint density at radius 2 is 1.89 bits per heavy atom. The fourth-order valence-electron chi connectivity index (χ4n) is 1.92. The summed E-state index contributed by atoms with van der Waals surface area (Å²) in [4.78, 5) is 0. The summed E-state index contributed by atoms with van der Waals surface area (Å²) in [6.45, 7) is 5.91. The summed E-state index contributed by atoms with van der Waals surface area (Å²) in [6.07, 6.45) is 2.43. The van der Waals surface area contributed by atoms with Crippen LogP contribution in [-0.4, -0.2) is 5.11 Å². The molecule has 0 aliphatic carbocycles. The van der Waals surface area contributed by atoms with Gasteiger partial charge in [-0.2, -0.15) is 0 Å². The molecule has 0 saturated heterocycles. The third kappa shape index (κ3) is 4.11. The molecule has 0 amide bonds. The molecule has 1 atom stereocenters. The minimum atomic E-state index is -1.13. The highest BCUT2D eigenvalue weighted by atomic mass is 35.5. The lowest BCUT2D eigenvalue weighted by molar-refractivity contribution is 0.0439. The summed E-state index contributed by atoms with van der Waals surface area (Å²) in [5.41, 5.74) is -0.730. The Kier molecular flexibility index (Phi) is 5.45. The van der Waals surface area contributed by atoms with Crippen LogP contribution in [0.2, 0.25) is 10.0 Å². The smallest absolute Gasteiger partial charge is 0.142 e. The van der Waals surface area contributed by atoms with Crippen LogP contribution in [0.5, 0.6) is 0 Å². The second kappa shape index (κ2) is 6.23. The molecule has 1 aromatic carbocycles. The van der Waals surface area contributed by atoms with Crippen molar-refractivity contribution in [1.29, 1.82) is 0 Å². The molecule has 1 aromatic rings. The molecule has 0 aliphatic heterocycles. The molecule has 4 heteroatoms. The molecule has 1 nitrogen and oxygen atoms in total. The predicted molar refractivity (Wildman–Crippen MR) is 74.7 cm³/mol. The second-order valence-corrected chi connectivity index (χ2v) is 6.12. The van der Waals surface area contributed by atoms with Crippen molar-refractivity contribution in [1.82, 2.24) is 0 Å². The maximum absolute atomic E-state index is 13.4. The lowest BCUT2D eigenvalue weighted by Gasteiger charge is -2.25. The lowest BCUT2D eigenvalue weighted by atomic mass is 9.89. The molecule has 1 unspecified atom stereocenters. The molecule has 0 aromatic heterocycles. The van der Waals surface area contributed by atoms with Crippen molar-refractivity contribution in [2.24, 2.45) is 5.92 Å². The lowest BCUT2D eigenvalue weighted by Crippen LogP contribution is -2.22. The molecule has 0 radical (unpaired) electrons. The fraction of sp³-hybridized carbons (Fsp3) is 0.571. The van der Waals surface area contributed by atoms with E-state index < -0.39 is 11.4 Å². The summed E-state index contributed by atoms with van der Waals surface area (Å²) in [7, 11) is 0. The van der Waals surface area contributed by atoms with Gasteiger partial charge in [0, 0.05) is 10.6 Å². The Morgan fingerprint density at radius 3 is 2.44 bits per heavy atom. The monoisotopic (exact) mass is 292 g/mol. The second-order valence-electron chi connectivity index (χ2n) is 5.31. The Labute approximate surface area is 118 Å². The normalized spacial score (nSPS) is 14.9. The van der Waals surface area contributed by atoms with Gasteiger partial charge in [-0.15, -0.1) is 0 Å². The van der Waals surface area contributed by atoms with E-state index >= 15 is 0 Å². The maximum atomic E-state index is 13.4. The fourth-order valence-corrected chi connectivity index (χ4v) is 2.51. The third-order valence-corrected chi connectivity index (χ3v) is 3.64. The van der Waals surface area contributed by atoms with Gasteiger partial charge in [-0.3, -0.25) is 0 Å².